The molecule has 1 rings (SSSR count). The van der Waals surface area contributed by atoms with Gasteiger partial charge in [-0.15, -0.1) is 0 Å². The van der Waals surface area contributed by atoms with Crippen LogP contribution < -0.4 is 5.32 Å². The Kier molecular flexibility index (Phi) is 5.01. The molecule has 1 amide bonds. The van der Waals surface area contributed by atoms with Gasteiger partial charge in [-0.25, -0.2) is 0 Å². The number of Topliss-reactive ketones (excluding diaryl/α,β-unsaturated/α-hetero) is 1. The summed E-state index contributed by atoms with van der Waals surface area (Å²) < 4.78 is 0. The minimum absolute atomic E-state index is 0.0251. The topological polar surface area (TPSA) is 46.2 Å². The number of carbonyl (C=O) groups is 2. The summed E-state index contributed by atoms with van der Waals surface area (Å²) in [6.45, 7) is 1.52. The van der Waals surface area contributed by atoms with E-state index in [4.69, 9.17) is 0 Å². The molecule has 1 saturated heterocycles. The fraction of sp³-hybridized carbons (Fsp3) is 0.800. The largest absolute Gasteiger partial charge is 0.353 e. The maximum absolute atomic E-state index is 11.3. The first-order valence-electron chi connectivity index (χ1n) is 5.05. The van der Waals surface area contributed by atoms with Gasteiger partial charge in [-0.3, -0.25) is 4.79 Å². The molecule has 0 radical (unpaired) electrons. The lowest BCUT2D eigenvalue weighted by molar-refractivity contribution is -0.125. The van der Waals surface area contributed by atoms with Crippen molar-refractivity contribution in [3.8, 4) is 0 Å². The third-order valence-corrected chi connectivity index (χ3v) is 3.34. The summed E-state index contributed by atoms with van der Waals surface area (Å²) in [5, 5.41) is 2.97. The van der Waals surface area contributed by atoms with Gasteiger partial charge >= 0.3 is 0 Å². The molecule has 0 spiro atoms. The zero-order valence-corrected chi connectivity index (χ0v) is 9.36. The van der Waals surface area contributed by atoms with Crippen LogP contribution in [-0.2, 0) is 9.59 Å². The molecular formula is C10H17NO2S. The quantitative estimate of drug-likeness (QED) is 0.770. The second-order valence-electron chi connectivity index (χ2n) is 3.66. The van der Waals surface area contributed by atoms with Crippen molar-refractivity contribution in [3.63, 3.8) is 0 Å². The maximum atomic E-state index is 11.3. The first-order chi connectivity index (χ1) is 6.68. The van der Waals surface area contributed by atoms with Crippen LogP contribution in [0, 0.1) is 0 Å². The number of hydrogen-bond donors (Lipinski definition) is 1. The van der Waals surface area contributed by atoms with E-state index in [2.05, 4.69) is 5.32 Å². The lowest BCUT2D eigenvalue weighted by Crippen LogP contribution is -2.37. The molecule has 0 bridgehead atoms. The highest BCUT2D eigenvalue weighted by atomic mass is 32.2. The Hall–Kier alpha value is -0.510. The molecule has 1 fully saturated rings. The van der Waals surface area contributed by atoms with Crippen LogP contribution >= 0.6 is 11.8 Å². The van der Waals surface area contributed by atoms with Gasteiger partial charge in [0, 0.05) is 18.9 Å². The summed E-state index contributed by atoms with van der Waals surface area (Å²) in [7, 11) is 0. The summed E-state index contributed by atoms with van der Waals surface area (Å²) in [4.78, 5) is 22.0. The number of amides is 1. The molecule has 0 saturated carbocycles. The van der Waals surface area contributed by atoms with Crippen molar-refractivity contribution >= 4 is 23.5 Å². The summed E-state index contributed by atoms with van der Waals surface area (Å²) in [6, 6.07) is 0.343. The van der Waals surface area contributed by atoms with E-state index in [-0.39, 0.29) is 11.7 Å². The van der Waals surface area contributed by atoms with E-state index in [0.29, 0.717) is 18.9 Å². The molecule has 0 aromatic carbocycles. The van der Waals surface area contributed by atoms with Crippen LogP contribution in [-0.4, -0.2) is 29.2 Å². The molecule has 0 aromatic rings. The van der Waals surface area contributed by atoms with E-state index >= 15 is 0 Å². The molecule has 14 heavy (non-hydrogen) atoms. The molecule has 1 N–H and O–H groups in total. The molecule has 4 heteroatoms. The second-order valence-corrected chi connectivity index (χ2v) is 4.88. The first kappa shape index (κ1) is 11.6. The van der Waals surface area contributed by atoms with Gasteiger partial charge < -0.3 is 10.1 Å². The number of nitrogens with one attached hydrogen (secondary N) is 1. The van der Waals surface area contributed by atoms with Crippen molar-refractivity contribution in [2.75, 3.05) is 11.5 Å². The fourth-order valence-corrected chi connectivity index (χ4v) is 2.54. The molecular weight excluding hydrogens is 198 g/mol. The van der Waals surface area contributed by atoms with Crippen LogP contribution in [0.15, 0.2) is 0 Å². The Bertz CT molecular complexity index is 212. The average molecular weight is 215 g/mol. The van der Waals surface area contributed by atoms with Gasteiger partial charge in [0.15, 0.2) is 0 Å². The van der Waals surface area contributed by atoms with Gasteiger partial charge in [-0.2, -0.15) is 11.8 Å². The van der Waals surface area contributed by atoms with Gasteiger partial charge in [0.25, 0.3) is 0 Å². The lowest BCUT2D eigenvalue weighted by Gasteiger charge is -2.22. The summed E-state index contributed by atoms with van der Waals surface area (Å²) in [5.74, 6) is 2.38. The number of thioether (sulfide) groups is 1. The van der Waals surface area contributed by atoms with E-state index in [0.717, 1.165) is 24.3 Å². The van der Waals surface area contributed by atoms with Gasteiger partial charge in [-0.1, -0.05) is 0 Å². The molecule has 80 valence electrons. The second kappa shape index (κ2) is 6.06. The van der Waals surface area contributed by atoms with E-state index < -0.39 is 0 Å². The fourth-order valence-electron chi connectivity index (χ4n) is 1.43. The zero-order valence-electron chi connectivity index (χ0n) is 8.54. The molecule has 0 aliphatic carbocycles. The number of carbonyl (C=O) groups excluding carboxylic acids is 2. The lowest BCUT2D eigenvalue weighted by atomic mass is 10.1. The van der Waals surface area contributed by atoms with Crippen LogP contribution in [0.1, 0.15) is 32.6 Å². The Morgan fingerprint density at radius 2 is 1.93 bits per heavy atom. The van der Waals surface area contributed by atoms with Crippen molar-refractivity contribution in [1.29, 1.82) is 0 Å². The summed E-state index contributed by atoms with van der Waals surface area (Å²) in [6.07, 6.45) is 2.85. The Balaban J connectivity index is 2.15. The highest BCUT2D eigenvalue weighted by molar-refractivity contribution is 7.99. The molecule has 0 unspecified atom stereocenters. The van der Waals surface area contributed by atoms with Crippen molar-refractivity contribution in [2.45, 2.75) is 38.6 Å². The maximum Gasteiger partial charge on any atom is 0.220 e. The van der Waals surface area contributed by atoms with Crippen LogP contribution in [0.25, 0.3) is 0 Å². The monoisotopic (exact) mass is 215 g/mol. The summed E-state index contributed by atoms with van der Waals surface area (Å²) in [5.41, 5.74) is 0. The van der Waals surface area contributed by atoms with E-state index in [1.54, 1.807) is 0 Å². The van der Waals surface area contributed by atoms with Crippen molar-refractivity contribution in [1.82, 2.24) is 5.32 Å². The van der Waals surface area contributed by atoms with Crippen LogP contribution in [0.5, 0.6) is 0 Å². The summed E-state index contributed by atoms with van der Waals surface area (Å²) >= 11 is 1.94. The van der Waals surface area contributed by atoms with E-state index in [1.807, 2.05) is 11.8 Å². The number of ketones is 1. The molecule has 0 aromatic heterocycles. The smallest absolute Gasteiger partial charge is 0.220 e. The van der Waals surface area contributed by atoms with Crippen LogP contribution in [0.2, 0.25) is 0 Å². The number of rotatable bonds is 4. The highest BCUT2D eigenvalue weighted by Crippen LogP contribution is 2.16. The SMILES string of the molecule is CC(=O)CCC(=O)NC1CCSCC1. The van der Waals surface area contributed by atoms with Gasteiger partial charge in [0.05, 0.1) is 0 Å². The molecule has 1 aliphatic heterocycles. The first-order valence-corrected chi connectivity index (χ1v) is 6.20. The van der Waals surface area contributed by atoms with E-state index in [1.165, 1.54) is 6.92 Å². The average Bonchev–Trinajstić information content (AvgIpc) is 2.16. The van der Waals surface area contributed by atoms with Crippen molar-refractivity contribution in [3.05, 3.63) is 0 Å². The predicted octanol–water partition coefficient (Wildman–Crippen LogP) is 1.37. The Labute approximate surface area is 89.0 Å². The van der Waals surface area contributed by atoms with Crippen LogP contribution in [0.3, 0.4) is 0 Å². The highest BCUT2D eigenvalue weighted by Gasteiger charge is 2.15. The molecule has 0 atom stereocenters. The van der Waals surface area contributed by atoms with Gasteiger partial charge in [0.2, 0.25) is 5.91 Å². The van der Waals surface area contributed by atoms with Crippen molar-refractivity contribution in [2.24, 2.45) is 0 Å². The minimum atomic E-state index is 0.0251. The third kappa shape index (κ3) is 4.65. The van der Waals surface area contributed by atoms with Gasteiger partial charge in [0.1, 0.15) is 5.78 Å². The minimum Gasteiger partial charge on any atom is -0.353 e. The Morgan fingerprint density at radius 3 is 2.50 bits per heavy atom. The van der Waals surface area contributed by atoms with Crippen molar-refractivity contribution < 1.29 is 9.59 Å². The van der Waals surface area contributed by atoms with E-state index in [9.17, 15) is 9.59 Å². The zero-order chi connectivity index (χ0) is 10.4. The predicted molar refractivity (Wildman–Crippen MR) is 58.4 cm³/mol. The number of hydrogen-bond acceptors (Lipinski definition) is 3. The third-order valence-electron chi connectivity index (χ3n) is 2.29. The Morgan fingerprint density at radius 1 is 1.29 bits per heavy atom. The molecule has 1 heterocycles. The van der Waals surface area contributed by atoms with Crippen LogP contribution in [0.4, 0.5) is 0 Å². The van der Waals surface area contributed by atoms with Gasteiger partial charge in [-0.05, 0) is 31.3 Å². The standard InChI is InChI=1S/C10H17NO2S/c1-8(12)2-3-10(13)11-9-4-6-14-7-5-9/h9H,2-7H2,1H3,(H,11,13). The molecule has 3 nitrogen and oxygen atoms in total. The normalized spacial score (nSPS) is 17.8. The molecule has 1 aliphatic rings.